The first-order chi connectivity index (χ1) is 55.8. The largest absolute Gasteiger partial charge is 0.394 e. The zero-order valence-electron chi connectivity index (χ0n) is 64.0. The molecule has 6 amide bonds. The van der Waals surface area contributed by atoms with Crippen molar-refractivity contribution in [1.29, 1.82) is 0 Å². The standard InChI is InChI=1S/C66H110N6O46/c1-16(80)67-31-47(96)52(26(11-77)104-58(31)101)113-63-36(72-21(6)85)48(97)53(27(12-78)109-63)115-64-51(100)55(116-66-57(118-62-35(71-20(5)84)46(95)40(89)25(10-76)108-62)50(99)54(28(13-79)110-66)114-60-33(69-18(3)82)44(93)38(87)23(8-74)106-60)42(91)30(111-64)15-103-65-56(117-61-34(70-19(4)83)45(94)39(88)24(9-75)107-61)49(98)41(90)29(112-65)14-102-59-32(68-17(2)81)43(92)37(86)22(7-73)105-59/h22-66,73-79,86-101H,7-15H2,1-6H3,(H,67,80)(H,68,81)(H,69,82)(H,70,83)(H,71,84)(H,72,85)/t22-,23-,24-,25-,26-,27-,28-,29-,30-,31-,32-,33-,34-,35+,36-,37-,38-,39-,40-,41-,42-,43-,44-,45-,46-,47-,48-,49+,50+,51+,52-,53-,54-,55+,56+,57+,58?,59?,60?,61?,62?,63+,64+,65+,66-/m1/s1. The summed E-state index contributed by atoms with van der Waals surface area (Å²) in [6.45, 7) is -4.10. The van der Waals surface area contributed by atoms with Gasteiger partial charge in [-0.1, -0.05) is 0 Å². The first kappa shape index (κ1) is 97.0. The lowest BCUT2D eigenvalue weighted by molar-refractivity contribution is -0.403. The van der Waals surface area contributed by atoms with E-state index in [-0.39, 0.29) is 0 Å². The monoisotopic (exact) mass is 1720 g/mol. The Kier molecular flexibility index (Phi) is 35.1. The molecule has 9 aliphatic rings. The van der Waals surface area contributed by atoms with Crippen LogP contribution in [0.2, 0.25) is 0 Å². The van der Waals surface area contributed by atoms with Gasteiger partial charge in [-0.25, -0.2) is 0 Å². The summed E-state index contributed by atoms with van der Waals surface area (Å²) in [4.78, 5) is 75.9. The highest BCUT2D eigenvalue weighted by atomic mass is 16.8. The quantitative estimate of drug-likeness (QED) is 0.0306. The molecule has 29 N–H and O–H groups in total. The summed E-state index contributed by atoms with van der Waals surface area (Å²) >= 11 is 0. The van der Waals surface area contributed by atoms with Crippen molar-refractivity contribution in [2.45, 2.75) is 318 Å². The summed E-state index contributed by atoms with van der Waals surface area (Å²) in [5, 5.41) is 274. The fourth-order valence-corrected chi connectivity index (χ4v) is 15.2. The maximum atomic E-state index is 13.1. The third kappa shape index (κ3) is 22.1. The highest BCUT2D eigenvalue weighted by Crippen LogP contribution is 2.40. The van der Waals surface area contributed by atoms with Crippen molar-refractivity contribution in [1.82, 2.24) is 31.9 Å². The van der Waals surface area contributed by atoms with Crippen molar-refractivity contribution in [2.24, 2.45) is 0 Å². The van der Waals surface area contributed by atoms with Crippen LogP contribution in [0.15, 0.2) is 0 Å². The van der Waals surface area contributed by atoms with E-state index in [0.717, 1.165) is 41.5 Å². The van der Waals surface area contributed by atoms with Crippen molar-refractivity contribution in [3.05, 3.63) is 0 Å². The molecular formula is C66H110N6O46. The van der Waals surface area contributed by atoms with E-state index in [2.05, 4.69) is 31.9 Å². The van der Waals surface area contributed by atoms with Crippen molar-refractivity contribution < 1.29 is 227 Å². The highest BCUT2D eigenvalue weighted by Gasteiger charge is 2.61. The van der Waals surface area contributed by atoms with Gasteiger partial charge in [0.1, 0.15) is 219 Å². The van der Waals surface area contributed by atoms with Crippen LogP contribution in [-0.4, -0.2) is 488 Å². The minimum atomic E-state index is -2.65. The lowest BCUT2D eigenvalue weighted by Gasteiger charge is -2.51. The van der Waals surface area contributed by atoms with Crippen LogP contribution < -0.4 is 31.9 Å². The first-order valence-corrected chi connectivity index (χ1v) is 37.6. The molecule has 680 valence electrons. The number of aliphatic hydroxyl groups excluding tert-OH is 23. The summed E-state index contributed by atoms with van der Waals surface area (Å²) in [6, 6.07) is -10.8. The Morgan fingerprint density at radius 1 is 0.220 bits per heavy atom. The number of aliphatic hydroxyl groups is 23. The second-order valence-corrected chi connectivity index (χ2v) is 29.7. The molecule has 0 radical (unpaired) electrons. The second kappa shape index (κ2) is 42.7. The number of hydrogen-bond acceptors (Lipinski definition) is 46. The van der Waals surface area contributed by atoms with E-state index in [9.17, 15) is 146 Å². The summed E-state index contributed by atoms with van der Waals surface area (Å²) in [6.07, 6.45) is -82.3. The second-order valence-electron chi connectivity index (χ2n) is 29.7. The van der Waals surface area contributed by atoms with E-state index in [1.807, 2.05) is 0 Å². The molecule has 5 unspecified atom stereocenters. The molecule has 9 heterocycles. The van der Waals surface area contributed by atoms with E-state index in [0.29, 0.717) is 0 Å². The Balaban J connectivity index is 1.13. The third-order valence-corrected chi connectivity index (χ3v) is 21.1. The number of amides is 6. The number of hydrogen-bond donors (Lipinski definition) is 29. The fraction of sp³-hybridized carbons (Fsp3) is 0.909. The van der Waals surface area contributed by atoms with Gasteiger partial charge in [-0.05, 0) is 0 Å². The fourth-order valence-electron chi connectivity index (χ4n) is 15.2. The minimum Gasteiger partial charge on any atom is -0.394 e. The molecule has 9 rings (SSSR count). The van der Waals surface area contributed by atoms with Crippen LogP contribution in [0.5, 0.6) is 0 Å². The van der Waals surface area contributed by atoms with Gasteiger partial charge in [0.05, 0.1) is 59.5 Å². The molecule has 118 heavy (non-hydrogen) atoms. The lowest BCUT2D eigenvalue weighted by atomic mass is 9.93. The van der Waals surface area contributed by atoms with E-state index in [1.165, 1.54) is 0 Å². The molecule has 52 heteroatoms. The highest BCUT2D eigenvalue weighted by molar-refractivity contribution is 5.75. The Morgan fingerprint density at radius 3 is 0.847 bits per heavy atom. The zero-order valence-corrected chi connectivity index (χ0v) is 64.0. The number of carbonyl (C=O) groups is 6. The van der Waals surface area contributed by atoms with Gasteiger partial charge >= 0.3 is 0 Å². The maximum Gasteiger partial charge on any atom is 0.217 e. The van der Waals surface area contributed by atoms with Crippen molar-refractivity contribution >= 4 is 35.4 Å². The molecular weight excluding hydrogens is 1610 g/mol. The molecule has 45 atom stereocenters. The lowest BCUT2D eigenvalue weighted by Crippen LogP contribution is -2.71. The minimum absolute atomic E-state index is 0.801. The number of nitrogens with one attached hydrogen (secondary N) is 6. The van der Waals surface area contributed by atoms with Gasteiger partial charge in [0.25, 0.3) is 0 Å². The van der Waals surface area contributed by atoms with Gasteiger partial charge in [-0.2, -0.15) is 0 Å². The summed E-state index contributed by atoms with van der Waals surface area (Å²) in [5.41, 5.74) is 0. The Bertz CT molecular complexity index is 3230. The Labute approximate surface area is 669 Å². The molecule has 9 aliphatic heterocycles. The van der Waals surface area contributed by atoms with E-state index in [1.54, 1.807) is 0 Å². The molecule has 0 aromatic heterocycles. The van der Waals surface area contributed by atoms with Crippen LogP contribution in [0.3, 0.4) is 0 Å². The van der Waals surface area contributed by atoms with Gasteiger partial charge in [0, 0.05) is 41.5 Å². The first-order valence-electron chi connectivity index (χ1n) is 37.6. The van der Waals surface area contributed by atoms with Crippen molar-refractivity contribution in [3.8, 4) is 0 Å². The molecule has 9 saturated heterocycles. The van der Waals surface area contributed by atoms with Crippen molar-refractivity contribution in [2.75, 3.05) is 59.5 Å². The Morgan fingerprint density at radius 2 is 0.466 bits per heavy atom. The van der Waals surface area contributed by atoms with Gasteiger partial charge in [-0.3, -0.25) is 28.8 Å². The van der Waals surface area contributed by atoms with Crippen LogP contribution in [0, 0.1) is 0 Å². The smallest absolute Gasteiger partial charge is 0.217 e. The topological polar surface area (TPSA) is 797 Å². The van der Waals surface area contributed by atoms with E-state index < -0.39 is 371 Å². The molecule has 0 aromatic carbocycles. The molecule has 0 spiro atoms. The van der Waals surface area contributed by atoms with Crippen LogP contribution >= 0.6 is 0 Å². The summed E-state index contributed by atoms with van der Waals surface area (Å²) in [7, 11) is 0. The predicted molar refractivity (Wildman–Crippen MR) is 367 cm³/mol. The Hall–Kier alpha value is -4.78. The molecule has 9 fully saturated rings. The SMILES string of the molecule is CC(=O)N[C@H]1[C@H](O[C@H]2[C@H](O)[C@@H](NC(C)=O)C(O)O[C@@H]2CO)O[C@H](CO)[C@@H](O[C@@H]2O[C@H](CO[C@H]3O[C@H](COC4O[C@H](CO)[C@@H](O)[C@H](O)[C@H]4NC(C)=O)[C@@H](O)[C@H](O)[C@@H]3OC3O[C@H](CO)[C@@H](O)[C@H](O)[C@H]3NC(C)=O)[C@@H](O)[C@H](O[C@H]3O[C@H](CO)[C@@H](OC4O[C@H](CO)[C@@H](O)[C@H](O)[C@H]4NC(C)=O)[C@H](O)[C@@H]3OC3O[C@H](CO)[C@@H](O)[C@H](O)[C@@H]3NC(C)=O)[C@@H]2O)[C@@H]1O. The number of ether oxygens (including phenoxy) is 17. The van der Waals surface area contributed by atoms with Crippen LogP contribution in [0.1, 0.15) is 41.5 Å². The van der Waals surface area contributed by atoms with Gasteiger partial charge in [0.15, 0.2) is 56.6 Å². The molecule has 0 bridgehead atoms. The summed E-state index contributed by atoms with van der Waals surface area (Å²) < 4.78 is 103. The van der Waals surface area contributed by atoms with Gasteiger partial charge < -0.3 is 230 Å². The number of carbonyl (C=O) groups excluding carboxylic acids is 6. The normalized spacial score (nSPS) is 46.9. The van der Waals surface area contributed by atoms with Gasteiger partial charge in [0.2, 0.25) is 35.4 Å². The van der Waals surface area contributed by atoms with E-state index >= 15 is 0 Å². The van der Waals surface area contributed by atoms with Gasteiger partial charge in [-0.15, -0.1) is 0 Å². The maximum absolute atomic E-state index is 13.1. The third-order valence-electron chi connectivity index (χ3n) is 21.1. The predicted octanol–water partition coefficient (Wildman–Crippen LogP) is -19.8. The zero-order chi connectivity index (χ0) is 87.1. The van der Waals surface area contributed by atoms with Crippen LogP contribution in [0.25, 0.3) is 0 Å². The summed E-state index contributed by atoms with van der Waals surface area (Å²) in [5.74, 6) is -5.29. The van der Waals surface area contributed by atoms with E-state index in [4.69, 9.17) is 80.5 Å². The molecule has 0 saturated carbocycles. The van der Waals surface area contributed by atoms with Crippen LogP contribution in [0.4, 0.5) is 0 Å². The molecule has 0 aromatic rings. The average molecular weight is 1720 g/mol. The van der Waals surface area contributed by atoms with Crippen molar-refractivity contribution in [3.63, 3.8) is 0 Å². The number of rotatable bonds is 31. The average Bonchev–Trinajstić information content (AvgIpc) is 0.761. The van der Waals surface area contributed by atoms with Crippen LogP contribution in [-0.2, 0) is 109 Å². The molecule has 0 aliphatic carbocycles. The molecule has 52 nitrogen and oxygen atoms in total.